The van der Waals surface area contributed by atoms with Gasteiger partial charge in [-0.25, -0.2) is 0 Å². The first-order chi connectivity index (χ1) is 13.9. The zero-order chi connectivity index (χ0) is 21.0. The van der Waals surface area contributed by atoms with Crippen molar-refractivity contribution in [2.24, 2.45) is 10.2 Å². The molecule has 0 aliphatic carbocycles. The lowest BCUT2D eigenvalue weighted by molar-refractivity contribution is -0.440. The second-order valence-corrected chi connectivity index (χ2v) is 5.30. The van der Waals surface area contributed by atoms with Crippen LogP contribution in [-0.4, -0.2) is 30.2 Å². The summed E-state index contributed by atoms with van der Waals surface area (Å²) < 4.78 is 0. The number of hydrogen-bond donors (Lipinski definition) is 0. The number of nitro benzene ring substituents is 3. The van der Waals surface area contributed by atoms with Crippen LogP contribution >= 0.6 is 0 Å². The van der Waals surface area contributed by atoms with Gasteiger partial charge in [-0.15, -0.1) is 15.3 Å². The highest BCUT2D eigenvalue weighted by atomic mass is 16.6. The van der Waals surface area contributed by atoms with E-state index in [2.05, 4.69) is 25.6 Å². The van der Waals surface area contributed by atoms with Gasteiger partial charge in [0.1, 0.15) is 16.9 Å². The summed E-state index contributed by atoms with van der Waals surface area (Å²) in [6, 6.07) is 10.1. The molecule has 0 atom stereocenters. The van der Waals surface area contributed by atoms with Crippen LogP contribution in [0, 0.1) is 30.3 Å². The van der Waals surface area contributed by atoms with Crippen LogP contribution < -0.4 is 0 Å². The number of benzene rings is 2. The number of nitro groups is 3. The SMILES string of the molecule is O=[N+]([O-])c1cc(N=Nc2ccccc2)c(-c2ccnnn2)c([N+](=O)[O-])c1[N+](=O)[O-]. The summed E-state index contributed by atoms with van der Waals surface area (Å²) in [4.78, 5) is 31.0. The zero-order valence-electron chi connectivity index (χ0n) is 14.1. The number of rotatable bonds is 6. The van der Waals surface area contributed by atoms with Crippen molar-refractivity contribution in [2.45, 2.75) is 0 Å². The maximum absolute atomic E-state index is 11.7. The van der Waals surface area contributed by atoms with Crippen molar-refractivity contribution in [1.82, 2.24) is 15.4 Å². The highest BCUT2D eigenvalue weighted by Crippen LogP contribution is 2.48. The Bertz CT molecular complexity index is 1140. The summed E-state index contributed by atoms with van der Waals surface area (Å²) >= 11 is 0. The topological polar surface area (TPSA) is 193 Å². The second-order valence-electron chi connectivity index (χ2n) is 5.30. The fourth-order valence-electron chi connectivity index (χ4n) is 2.44. The zero-order valence-corrected chi connectivity index (χ0v) is 14.1. The fraction of sp³-hybridized carbons (Fsp3) is 0. The second kappa shape index (κ2) is 7.87. The largest absolute Gasteiger partial charge is 0.423 e. The van der Waals surface area contributed by atoms with E-state index in [0.29, 0.717) is 5.69 Å². The minimum atomic E-state index is -1.30. The van der Waals surface area contributed by atoms with E-state index in [1.807, 2.05) is 0 Å². The van der Waals surface area contributed by atoms with Gasteiger partial charge in [0.25, 0.3) is 0 Å². The predicted molar refractivity (Wildman–Crippen MR) is 95.8 cm³/mol. The molecule has 0 spiro atoms. The Kier molecular flexibility index (Phi) is 5.16. The highest BCUT2D eigenvalue weighted by Gasteiger charge is 2.42. The first kappa shape index (κ1) is 19.0. The van der Waals surface area contributed by atoms with Gasteiger partial charge in [0, 0.05) is 0 Å². The van der Waals surface area contributed by atoms with E-state index in [0.717, 1.165) is 12.3 Å². The Morgan fingerprint density at radius 2 is 1.52 bits per heavy atom. The monoisotopic (exact) mass is 396 g/mol. The molecule has 0 aliphatic heterocycles. The maximum atomic E-state index is 11.7. The summed E-state index contributed by atoms with van der Waals surface area (Å²) in [6.45, 7) is 0. The van der Waals surface area contributed by atoms with E-state index in [9.17, 15) is 30.3 Å². The van der Waals surface area contributed by atoms with E-state index in [1.54, 1.807) is 30.3 Å². The van der Waals surface area contributed by atoms with Crippen LogP contribution in [-0.2, 0) is 0 Å². The molecule has 14 heteroatoms. The van der Waals surface area contributed by atoms with Gasteiger partial charge in [0.05, 0.1) is 32.7 Å². The molecule has 29 heavy (non-hydrogen) atoms. The lowest BCUT2D eigenvalue weighted by Crippen LogP contribution is -2.04. The molecule has 14 nitrogen and oxygen atoms in total. The molecule has 0 bridgehead atoms. The Morgan fingerprint density at radius 3 is 2.07 bits per heavy atom. The lowest BCUT2D eigenvalue weighted by atomic mass is 10.0. The van der Waals surface area contributed by atoms with Crippen LogP contribution in [0.4, 0.5) is 28.4 Å². The summed E-state index contributed by atoms with van der Waals surface area (Å²) in [5, 5.41) is 52.6. The third-order valence-electron chi connectivity index (χ3n) is 3.58. The van der Waals surface area contributed by atoms with E-state index in [1.165, 1.54) is 6.07 Å². The van der Waals surface area contributed by atoms with E-state index in [4.69, 9.17) is 0 Å². The number of azo groups is 1. The predicted octanol–water partition coefficient (Wildman–Crippen LogP) is 3.68. The van der Waals surface area contributed by atoms with Crippen LogP contribution in [0.25, 0.3) is 11.3 Å². The maximum Gasteiger partial charge on any atom is 0.423 e. The first-order valence-corrected chi connectivity index (χ1v) is 7.66. The Balaban J connectivity index is 2.39. The average molecular weight is 396 g/mol. The molecular formula is C15H8N8O6. The van der Waals surface area contributed by atoms with Crippen LogP contribution in [0.15, 0.2) is 58.9 Å². The third kappa shape index (κ3) is 3.85. The van der Waals surface area contributed by atoms with Crippen LogP contribution in [0.3, 0.4) is 0 Å². The fourth-order valence-corrected chi connectivity index (χ4v) is 2.44. The molecule has 0 amide bonds. The molecule has 0 saturated carbocycles. The summed E-state index contributed by atoms with van der Waals surface area (Å²) in [7, 11) is 0. The van der Waals surface area contributed by atoms with Crippen molar-refractivity contribution in [2.75, 3.05) is 0 Å². The molecule has 144 valence electrons. The molecule has 0 fully saturated rings. The molecule has 0 aliphatic rings. The molecule has 0 unspecified atom stereocenters. The van der Waals surface area contributed by atoms with Gasteiger partial charge in [-0.2, -0.15) is 5.11 Å². The molecule has 0 N–H and O–H groups in total. The van der Waals surface area contributed by atoms with Crippen LogP contribution in [0.2, 0.25) is 0 Å². The quantitative estimate of drug-likeness (QED) is 0.339. The van der Waals surface area contributed by atoms with Gasteiger partial charge in [0.2, 0.25) is 0 Å². The highest BCUT2D eigenvalue weighted by molar-refractivity contribution is 5.90. The minimum absolute atomic E-state index is 0.188. The summed E-state index contributed by atoms with van der Waals surface area (Å²) in [5.41, 5.74) is -4.19. The standard InChI is InChI=1S/C15H8N8O6/c24-21(25)12-8-11(18-17-9-4-2-1-3-5-9)13(10-6-7-16-20-19-10)15(23(28)29)14(12)22(26)27/h1-8H. The van der Waals surface area contributed by atoms with E-state index >= 15 is 0 Å². The summed E-state index contributed by atoms with van der Waals surface area (Å²) in [5.74, 6) is 0. The van der Waals surface area contributed by atoms with Crippen molar-refractivity contribution < 1.29 is 14.8 Å². The smallest absolute Gasteiger partial charge is 0.258 e. The van der Waals surface area contributed by atoms with Crippen LogP contribution in [0.1, 0.15) is 0 Å². The van der Waals surface area contributed by atoms with E-state index in [-0.39, 0.29) is 11.4 Å². The number of hydrogen-bond acceptors (Lipinski definition) is 11. The minimum Gasteiger partial charge on any atom is -0.258 e. The molecule has 3 rings (SSSR count). The number of nitrogens with zero attached hydrogens (tertiary/aromatic N) is 8. The van der Waals surface area contributed by atoms with Gasteiger partial charge in [-0.1, -0.05) is 18.2 Å². The Labute approximate surface area is 160 Å². The molecule has 1 aromatic heterocycles. The van der Waals surface area contributed by atoms with Crippen molar-refractivity contribution in [3.05, 3.63) is 79.0 Å². The van der Waals surface area contributed by atoms with Crippen molar-refractivity contribution in [3.8, 4) is 11.3 Å². The van der Waals surface area contributed by atoms with Crippen LogP contribution in [0.5, 0.6) is 0 Å². The third-order valence-corrected chi connectivity index (χ3v) is 3.58. The Hall–Kier alpha value is -4.75. The van der Waals surface area contributed by atoms with Crippen molar-refractivity contribution >= 4 is 28.4 Å². The molecule has 0 radical (unpaired) electrons. The average Bonchev–Trinajstić information content (AvgIpc) is 2.72. The van der Waals surface area contributed by atoms with Gasteiger partial charge in [0.15, 0.2) is 0 Å². The molecule has 1 heterocycles. The first-order valence-electron chi connectivity index (χ1n) is 7.66. The van der Waals surface area contributed by atoms with Crippen molar-refractivity contribution in [1.29, 1.82) is 0 Å². The van der Waals surface area contributed by atoms with E-state index < -0.39 is 37.4 Å². The summed E-state index contributed by atoms with van der Waals surface area (Å²) in [6.07, 6.45) is 1.15. The van der Waals surface area contributed by atoms with Gasteiger partial charge < -0.3 is 0 Å². The molecular weight excluding hydrogens is 388 g/mol. The van der Waals surface area contributed by atoms with Gasteiger partial charge in [-0.3, -0.25) is 30.3 Å². The lowest BCUT2D eigenvalue weighted by Gasteiger charge is -2.06. The molecule has 3 aromatic rings. The Morgan fingerprint density at radius 1 is 0.828 bits per heavy atom. The van der Waals surface area contributed by atoms with Gasteiger partial charge >= 0.3 is 17.1 Å². The normalized spacial score (nSPS) is 10.8. The van der Waals surface area contributed by atoms with Crippen molar-refractivity contribution in [3.63, 3.8) is 0 Å². The van der Waals surface area contributed by atoms with Gasteiger partial charge in [-0.05, 0) is 23.4 Å². The number of aromatic nitrogens is 3. The molecule has 2 aromatic carbocycles. The molecule has 0 saturated heterocycles.